The topological polar surface area (TPSA) is 72.8 Å². The maximum absolute atomic E-state index is 12.8. The van der Waals surface area contributed by atoms with Gasteiger partial charge in [-0.15, -0.1) is 0 Å². The SMILES string of the molecule is CC(C)CCC[C@@H](C)[C@@H]1CC[C@H]2[C@@H]3CC=C4C[C@@H](OC(=O)c5ccc(N([O-])O)cc5)CC[C@]4(C)[C@@H]3CC[C@@]21C. The Balaban J connectivity index is 1.23. The number of anilines is 1. The molecule has 8 atom stereocenters. The molecule has 0 amide bonds. The Labute approximate surface area is 235 Å². The van der Waals surface area contributed by atoms with Crippen molar-refractivity contribution in [2.75, 3.05) is 5.23 Å². The molecular formula is C34H50NO4-. The fraction of sp³-hybridized carbons (Fsp3) is 0.735. The van der Waals surface area contributed by atoms with E-state index >= 15 is 0 Å². The molecule has 0 saturated heterocycles. The van der Waals surface area contributed by atoms with E-state index in [-0.39, 0.29) is 28.4 Å². The van der Waals surface area contributed by atoms with Crippen LogP contribution in [0.2, 0.25) is 0 Å². The third-order valence-corrected chi connectivity index (χ3v) is 11.9. The summed E-state index contributed by atoms with van der Waals surface area (Å²) >= 11 is 0. The summed E-state index contributed by atoms with van der Waals surface area (Å²) in [6.07, 6.45) is 16.2. The molecule has 4 aliphatic rings. The van der Waals surface area contributed by atoms with Crippen LogP contribution in [0, 0.1) is 51.5 Å². The van der Waals surface area contributed by atoms with Crippen molar-refractivity contribution in [3.05, 3.63) is 46.7 Å². The van der Waals surface area contributed by atoms with Crippen LogP contribution in [-0.4, -0.2) is 17.3 Å². The zero-order valence-corrected chi connectivity index (χ0v) is 24.8. The van der Waals surface area contributed by atoms with Gasteiger partial charge in [-0.05, 0) is 116 Å². The first kappa shape index (κ1) is 28.7. The Morgan fingerprint density at radius 3 is 2.49 bits per heavy atom. The second-order valence-corrected chi connectivity index (χ2v) is 14.4. The molecular weight excluding hydrogens is 486 g/mol. The van der Waals surface area contributed by atoms with Crippen LogP contribution >= 0.6 is 0 Å². The Morgan fingerprint density at radius 2 is 1.79 bits per heavy atom. The van der Waals surface area contributed by atoms with E-state index < -0.39 is 0 Å². The molecule has 5 heteroatoms. The molecule has 3 saturated carbocycles. The number of hydrogen-bond donors (Lipinski definition) is 1. The summed E-state index contributed by atoms with van der Waals surface area (Å²) in [5.41, 5.74) is 2.76. The van der Waals surface area contributed by atoms with Gasteiger partial charge in [0.25, 0.3) is 0 Å². The highest BCUT2D eigenvalue weighted by molar-refractivity contribution is 5.90. The minimum atomic E-state index is -0.354. The van der Waals surface area contributed by atoms with Crippen LogP contribution < -0.4 is 5.23 Å². The molecule has 39 heavy (non-hydrogen) atoms. The van der Waals surface area contributed by atoms with Crippen molar-refractivity contribution in [1.29, 1.82) is 0 Å². The number of benzene rings is 1. The summed E-state index contributed by atoms with van der Waals surface area (Å²) < 4.78 is 5.95. The van der Waals surface area contributed by atoms with Gasteiger partial charge in [-0.3, -0.25) is 5.21 Å². The van der Waals surface area contributed by atoms with Gasteiger partial charge >= 0.3 is 5.97 Å². The number of allylic oxidation sites excluding steroid dienone is 1. The summed E-state index contributed by atoms with van der Waals surface area (Å²) in [5.74, 6) is 4.58. The summed E-state index contributed by atoms with van der Waals surface area (Å²) in [5, 5.41) is 19.9. The minimum Gasteiger partial charge on any atom is -0.733 e. The molecule has 0 unspecified atom stereocenters. The fourth-order valence-electron chi connectivity index (χ4n) is 9.70. The third-order valence-electron chi connectivity index (χ3n) is 11.9. The number of ether oxygens (including phenoxy) is 1. The Morgan fingerprint density at radius 1 is 1.05 bits per heavy atom. The highest BCUT2D eigenvalue weighted by Crippen LogP contribution is 2.67. The molecule has 4 aliphatic carbocycles. The first-order valence-corrected chi connectivity index (χ1v) is 15.7. The Kier molecular flexibility index (Phi) is 8.23. The van der Waals surface area contributed by atoms with E-state index in [1.165, 1.54) is 81.2 Å². The van der Waals surface area contributed by atoms with Crippen molar-refractivity contribution in [3.63, 3.8) is 0 Å². The number of rotatable bonds is 8. The summed E-state index contributed by atoms with van der Waals surface area (Å²) in [7, 11) is 0. The van der Waals surface area contributed by atoms with Crippen LogP contribution in [0.3, 0.4) is 0 Å². The molecule has 0 bridgehead atoms. The minimum absolute atomic E-state index is 0.0969. The van der Waals surface area contributed by atoms with Gasteiger partial charge in [-0.25, -0.2) is 4.79 Å². The van der Waals surface area contributed by atoms with Crippen LogP contribution in [0.1, 0.15) is 116 Å². The monoisotopic (exact) mass is 536 g/mol. The van der Waals surface area contributed by atoms with Crippen molar-refractivity contribution in [2.24, 2.45) is 46.3 Å². The largest absolute Gasteiger partial charge is 0.733 e. The maximum Gasteiger partial charge on any atom is 0.338 e. The highest BCUT2D eigenvalue weighted by atomic mass is 16.8. The number of carbonyl (C=O) groups is 1. The Hall–Kier alpha value is -1.85. The molecule has 1 N–H and O–H groups in total. The Bertz CT molecular complexity index is 1050. The summed E-state index contributed by atoms with van der Waals surface area (Å²) in [4.78, 5) is 12.8. The lowest BCUT2D eigenvalue weighted by Crippen LogP contribution is -2.51. The van der Waals surface area contributed by atoms with Crippen molar-refractivity contribution in [2.45, 2.75) is 111 Å². The van der Waals surface area contributed by atoms with Gasteiger partial charge in [0.15, 0.2) is 0 Å². The van der Waals surface area contributed by atoms with Crippen molar-refractivity contribution in [3.8, 4) is 0 Å². The molecule has 0 radical (unpaired) electrons. The van der Waals surface area contributed by atoms with Gasteiger partial charge in [0, 0.05) is 6.42 Å². The average Bonchev–Trinajstić information content (AvgIpc) is 3.26. The van der Waals surface area contributed by atoms with Crippen molar-refractivity contribution in [1.82, 2.24) is 0 Å². The van der Waals surface area contributed by atoms with Gasteiger partial charge in [0.05, 0.1) is 11.3 Å². The zero-order chi connectivity index (χ0) is 27.9. The van der Waals surface area contributed by atoms with Gasteiger partial charge < -0.3 is 15.2 Å². The van der Waals surface area contributed by atoms with Crippen LogP contribution in [0.15, 0.2) is 35.9 Å². The smallest absolute Gasteiger partial charge is 0.338 e. The standard InChI is InChI=1S/C34H50NO4/c1-22(2)7-6-8-23(3)29-15-16-30-28-14-11-25-21-27(17-19-33(25,4)31(28)18-20-34(29,30)5)39-32(36)24-9-12-26(13-10-24)35(37)38/h9-13,22-23,27-31,37H,6-8,14-21H2,1-5H3/q-1/t23-,27+,28+,29+,30+,31-,33+,34-/m1/s1. The quantitative estimate of drug-likeness (QED) is 0.204. The van der Waals surface area contributed by atoms with Crippen LogP contribution in [-0.2, 0) is 4.74 Å². The van der Waals surface area contributed by atoms with E-state index in [1.807, 2.05) is 0 Å². The number of hydrogen-bond acceptors (Lipinski definition) is 5. The lowest BCUT2D eigenvalue weighted by molar-refractivity contribution is -0.0594. The van der Waals surface area contributed by atoms with E-state index in [1.54, 1.807) is 0 Å². The highest BCUT2D eigenvalue weighted by Gasteiger charge is 2.59. The summed E-state index contributed by atoms with van der Waals surface area (Å²) in [6.45, 7) is 12.4. The van der Waals surface area contributed by atoms with E-state index in [4.69, 9.17) is 9.94 Å². The number of fused-ring (bicyclic) bond motifs is 5. The molecule has 0 aliphatic heterocycles. The van der Waals surface area contributed by atoms with Crippen LogP contribution in [0.4, 0.5) is 5.69 Å². The van der Waals surface area contributed by atoms with Gasteiger partial charge in [-0.1, -0.05) is 65.5 Å². The van der Waals surface area contributed by atoms with Gasteiger partial charge in [-0.2, -0.15) is 0 Å². The number of esters is 1. The van der Waals surface area contributed by atoms with E-state index in [9.17, 15) is 10.0 Å². The van der Waals surface area contributed by atoms with Crippen molar-refractivity contribution >= 4 is 11.7 Å². The fourth-order valence-corrected chi connectivity index (χ4v) is 9.70. The molecule has 0 heterocycles. The van der Waals surface area contributed by atoms with Gasteiger partial charge in [0.1, 0.15) is 6.10 Å². The molecule has 0 spiro atoms. The van der Waals surface area contributed by atoms with Crippen LogP contribution in [0.5, 0.6) is 0 Å². The third kappa shape index (κ3) is 5.43. The molecule has 3 fully saturated rings. The predicted octanol–water partition coefficient (Wildman–Crippen LogP) is 8.95. The molecule has 1 aromatic carbocycles. The maximum atomic E-state index is 12.8. The molecule has 1 aromatic rings. The molecule has 5 nitrogen and oxygen atoms in total. The molecule has 0 aromatic heterocycles. The van der Waals surface area contributed by atoms with E-state index in [2.05, 4.69) is 40.7 Å². The normalized spacial score (nSPS) is 36.4. The van der Waals surface area contributed by atoms with E-state index in [0.29, 0.717) is 11.0 Å². The first-order valence-electron chi connectivity index (χ1n) is 15.7. The first-order chi connectivity index (χ1) is 18.5. The molecule has 5 rings (SSSR count). The van der Waals surface area contributed by atoms with Crippen LogP contribution in [0.25, 0.3) is 0 Å². The number of carbonyl (C=O) groups excluding carboxylic acids is 1. The second kappa shape index (κ2) is 11.2. The van der Waals surface area contributed by atoms with Gasteiger partial charge in [0.2, 0.25) is 0 Å². The lowest BCUT2D eigenvalue weighted by Gasteiger charge is -2.58. The average molecular weight is 537 g/mol. The van der Waals surface area contributed by atoms with Crippen molar-refractivity contribution < 1.29 is 14.7 Å². The molecule has 216 valence electrons. The summed E-state index contributed by atoms with van der Waals surface area (Å²) in [6, 6.07) is 5.94. The number of nitrogens with zero attached hydrogens (tertiary/aromatic N) is 1. The predicted molar refractivity (Wildman–Crippen MR) is 156 cm³/mol. The van der Waals surface area contributed by atoms with E-state index in [0.717, 1.165) is 54.8 Å². The lowest BCUT2D eigenvalue weighted by atomic mass is 9.47. The zero-order valence-electron chi connectivity index (χ0n) is 24.8. The second-order valence-electron chi connectivity index (χ2n) is 14.4.